The number of nitrogens with zero attached hydrogens (tertiary/aromatic N) is 3. The van der Waals surface area contributed by atoms with E-state index in [2.05, 4.69) is 29.1 Å². The van der Waals surface area contributed by atoms with Crippen molar-refractivity contribution < 1.29 is 28.9 Å². The van der Waals surface area contributed by atoms with Crippen LogP contribution in [0.1, 0.15) is 36.2 Å². The first kappa shape index (κ1) is 30.8. The minimum absolute atomic E-state index is 0.0129. The maximum atomic E-state index is 13.7. The second kappa shape index (κ2) is 14.6. The summed E-state index contributed by atoms with van der Waals surface area (Å²) in [6, 6.07) is 12.9. The number of rotatable bonds is 11. The molecule has 0 radical (unpaired) electrons. The van der Waals surface area contributed by atoms with Crippen molar-refractivity contribution >= 4 is 17.5 Å². The van der Waals surface area contributed by atoms with Gasteiger partial charge in [0.05, 0.1) is 38.5 Å². The Morgan fingerprint density at radius 3 is 2.61 bits per heavy atom. The Hall–Kier alpha value is -3.18. The smallest absolute Gasteiger partial charge is 0.258 e. The second-order valence-corrected chi connectivity index (χ2v) is 11.1. The molecule has 0 aromatic heterocycles. The van der Waals surface area contributed by atoms with E-state index in [1.165, 1.54) is 0 Å². The van der Waals surface area contributed by atoms with Crippen LogP contribution in [-0.4, -0.2) is 110 Å². The molecule has 2 aliphatic heterocycles. The van der Waals surface area contributed by atoms with Crippen LogP contribution in [0, 0.1) is 5.92 Å². The third-order valence-corrected chi connectivity index (χ3v) is 7.81. The molecule has 1 fully saturated rings. The third kappa shape index (κ3) is 8.42. The predicted molar refractivity (Wildman–Crippen MR) is 157 cm³/mol. The molecule has 1 saturated heterocycles. The van der Waals surface area contributed by atoms with Gasteiger partial charge in [0.25, 0.3) is 5.91 Å². The summed E-state index contributed by atoms with van der Waals surface area (Å²) in [6.45, 7) is 9.27. The van der Waals surface area contributed by atoms with E-state index in [1.54, 1.807) is 30.2 Å². The van der Waals surface area contributed by atoms with Crippen LogP contribution in [0.3, 0.4) is 0 Å². The predicted octanol–water partition coefficient (Wildman–Crippen LogP) is 2.71. The first-order valence-corrected chi connectivity index (χ1v) is 14.4. The molecule has 0 bridgehead atoms. The lowest BCUT2D eigenvalue weighted by Crippen LogP contribution is -2.49. The summed E-state index contributed by atoms with van der Waals surface area (Å²) in [5.41, 5.74) is 2.09. The Morgan fingerprint density at radius 1 is 1.20 bits per heavy atom. The summed E-state index contributed by atoms with van der Waals surface area (Å²) < 4.78 is 17.2. The number of anilines is 1. The SMILES string of the molecule is COc1ccc(CN(C)C[C@@H]2Oc3ccc(NC(=O)CCN4CCOCC4)cc3C(=O)N([C@@H](C)CO)C[C@@H]2C)cc1. The zero-order valence-electron chi connectivity index (χ0n) is 24.7. The zero-order valence-corrected chi connectivity index (χ0v) is 24.7. The Morgan fingerprint density at radius 2 is 1.93 bits per heavy atom. The summed E-state index contributed by atoms with van der Waals surface area (Å²) in [6.07, 6.45) is 0.155. The molecule has 0 spiro atoms. The number of benzene rings is 2. The van der Waals surface area contributed by atoms with Gasteiger partial charge in [-0.15, -0.1) is 0 Å². The van der Waals surface area contributed by atoms with Gasteiger partial charge in [-0.25, -0.2) is 0 Å². The van der Waals surface area contributed by atoms with Gasteiger partial charge in [-0.1, -0.05) is 19.1 Å². The van der Waals surface area contributed by atoms with E-state index >= 15 is 0 Å². The molecule has 0 saturated carbocycles. The van der Waals surface area contributed by atoms with Crippen molar-refractivity contribution in [2.45, 2.75) is 39.0 Å². The summed E-state index contributed by atoms with van der Waals surface area (Å²) >= 11 is 0. The number of methoxy groups -OCH3 is 1. The van der Waals surface area contributed by atoms with Crippen LogP contribution in [0.25, 0.3) is 0 Å². The maximum absolute atomic E-state index is 13.7. The van der Waals surface area contributed by atoms with Gasteiger partial charge in [0, 0.05) is 57.3 Å². The first-order valence-electron chi connectivity index (χ1n) is 14.4. The van der Waals surface area contributed by atoms with Gasteiger partial charge in [0.15, 0.2) is 0 Å². The lowest BCUT2D eigenvalue weighted by Gasteiger charge is -2.38. The lowest BCUT2D eigenvalue weighted by molar-refractivity contribution is -0.116. The number of ether oxygens (including phenoxy) is 3. The quantitative estimate of drug-likeness (QED) is 0.427. The molecule has 2 heterocycles. The van der Waals surface area contributed by atoms with E-state index < -0.39 is 0 Å². The maximum Gasteiger partial charge on any atom is 0.258 e. The molecular weight excluding hydrogens is 524 g/mol. The number of hydrogen-bond acceptors (Lipinski definition) is 8. The number of likely N-dealkylation sites (N-methyl/N-ethyl adjacent to an activating group) is 1. The number of aliphatic hydroxyl groups is 1. The van der Waals surface area contributed by atoms with Gasteiger partial charge >= 0.3 is 0 Å². The molecule has 0 aliphatic carbocycles. The minimum Gasteiger partial charge on any atom is -0.497 e. The fourth-order valence-electron chi connectivity index (χ4n) is 5.24. The average Bonchev–Trinajstić information content (AvgIpc) is 2.98. The molecule has 2 amide bonds. The van der Waals surface area contributed by atoms with Gasteiger partial charge in [-0.05, 0) is 49.9 Å². The Bertz CT molecular complexity index is 1150. The Labute approximate surface area is 243 Å². The monoisotopic (exact) mass is 568 g/mol. The van der Waals surface area contributed by atoms with Crippen molar-refractivity contribution in [3.8, 4) is 11.5 Å². The van der Waals surface area contributed by atoms with Gasteiger partial charge < -0.3 is 29.5 Å². The van der Waals surface area contributed by atoms with E-state index in [4.69, 9.17) is 14.2 Å². The van der Waals surface area contributed by atoms with Crippen LogP contribution in [0.5, 0.6) is 11.5 Å². The highest BCUT2D eigenvalue weighted by Crippen LogP contribution is 2.31. The molecule has 3 atom stereocenters. The largest absolute Gasteiger partial charge is 0.497 e. The Balaban J connectivity index is 1.49. The average molecular weight is 569 g/mol. The van der Waals surface area contributed by atoms with E-state index in [1.807, 2.05) is 31.2 Å². The van der Waals surface area contributed by atoms with Gasteiger partial charge in [0.2, 0.25) is 5.91 Å². The molecule has 2 aromatic rings. The van der Waals surface area contributed by atoms with Crippen LogP contribution in [-0.2, 0) is 16.1 Å². The molecule has 10 nitrogen and oxygen atoms in total. The van der Waals surface area contributed by atoms with Crippen molar-refractivity contribution in [1.29, 1.82) is 0 Å². The fourth-order valence-corrected chi connectivity index (χ4v) is 5.24. The van der Waals surface area contributed by atoms with Crippen LogP contribution < -0.4 is 14.8 Å². The number of morpholine rings is 1. The van der Waals surface area contributed by atoms with E-state index in [9.17, 15) is 14.7 Å². The number of aliphatic hydroxyl groups excluding tert-OH is 1. The number of nitrogens with one attached hydrogen (secondary N) is 1. The van der Waals surface area contributed by atoms with E-state index in [0.717, 1.165) is 30.9 Å². The molecular formula is C31H44N4O6. The number of carbonyl (C=O) groups excluding carboxylic acids is 2. The van der Waals surface area contributed by atoms with Gasteiger partial charge in [-0.2, -0.15) is 0 Å². The van der Waals surface area contributed by atoms with Gasteiger partial charge in [0.1, 0.15) is 17.6 Å². The first-order chi connectivity index (χ1) is 19.8. The van der Waals surface area contributed by atoms with E-state index in [0.29, 0.717) is 56.3 Å². The Kier molecular flexibility index (Phi) is 11.0. The molecule has 10 heteroatoms. The molecule has 4 rings (SSSR count). The molecule has 2 aliphatic rings. The number of amides is 2. The zero-order chi connectivity index (χ0) is 29.4. The number of fused-ring (bicyclic) bond motifs is 1. The van der Waals surface area contributed by atoms with Crippen LogP contribution in [0.4, 0.5) is 5.69 Å². The van der Waals surface area contributed by atoms with Crippen molar-refractivity contribution in [3.63, 3.8) is 0 Å². The molecule has 0 unspecified atom stereocenters. The standard InChI is InChI=1S/C31H44N4O6/c1-22-18-35(23(2)21-36)31(38)27-17-25(32-30(37)11-12-34-13-15-40-16-14-34)7-10-28(27)41-29(22)20-33(3)19-24-5-8-26(39-4)9-6-24/h5-10,17,22-23,29,36H,11-16,18-21H2,1-4H3,(H,32,37)/t22-,23-,29-/m0/s1. The number of carbonyl (C=O) groups is 2. The number of hydrogen-bond donors (Lipinski definition) is 2. The topological polar surface area (TPSA) is 104 Å². The normalized spacial score (nSPS) is 20.5. The summed E-state index contributed by atoms with van der Waals surface area (Å²) in [5.74, 6) is 0.982. The van der Waals surface area contributed by atoms with Crippen molar-refractivity contribution in [1.82, 2.24) is 14.7 Å². The van der Waals surface area contributed by atoms with E-state index in [-0.39, 0.29) is 36.5 Å². The minimum atomic E-state index is -0.361. The van der Waals surface area contributed by atoms with Crippen LogP contribution >= 0.6 is 0 Å². The highest BCUT2D eigenvalue weighted by Gasteiger charge is 2.33. The van der Waals surface area contributed by atoms with Crippen molar-refractivity contribution in [2.24, 2.45) is 5.92 Å². The highest BCUT2D eigenvalue weighted by atomic mass is 16.5. The molecule has 41 heavy (non-hydrogen) atoms. The summed E-state index contributed by atoms with van der Waals surface area (Å²) in [7, 11) is 3.70. The van der Waals surface area contributed by atoms with Crippen LogP contribution in [0.2, 0.25) is 0 Å². The summed E-state index contributed by atoms with van der Waals surface area (Å²) in [4.78, 5) is 32.5. The van der Waals surface area contributed by atoms with Crippen molar-refractivity contribution in [3.05, 3.63) is 53.6 Å². The summed E-state index contributed by atoms with van der Waals surface area (Å²) in [5, 5.41) is 12.9. The third-order valence-electron chi connectivity index (χ3n) is 7.81. The molecule has 224 valence electrons. The second-order valence-electron chi connectivity index (χ2n) is 11.1. The lowest BCUT2D eigenvalue weighted by atomic mass is 9.99. The molecule has 2 aromatic carbocycles. The van der Waals surface area contributed by atoms with Crippen LogP contribution in [0.15, 0.2) is 42.5 Å². The molecule has 2 N–H and O–H groups in total. The fraction of sp³-hybridized carbons (Fsp3) is 0.548. The van der Waals surface area contributed by atoms with Crippen molar-refractivity contribution in [2.75, 3.05) is 72.0 Å². The highest BCUT2D eigenvalue weighted by molar-refractivity contribution is 5.99. The van der Waals surface area contributed by atoms with Gasteiger partial charge in [-0.3, -0.25) is 19.4 Å².